The van der Waals surface area contributed by atoms with Crippen molar-refractivity contribution in [3.8, 4) is 0 Å². The van der Waals surface area contributed by atoms with Gasteiger partial charge in [-0.05, 0) is 49.8 Å². The van der Waals surface area contributed by atoms with Gasteiger partial charge in [-0.15, -0.1) is 0 Å². The molecular weight excluding hydrogens is 326 g/mol. The molecule has 0 radical (unpaired) electrons. The van der Waals surface area contributed by atoms with E-state index in [1.807, 2.05) is 42.5 Å². The highest BCUT2D eigenvalue weighted by atomic mass is 16.2. The van der Waals surface area contributed by atoms with E-state index in [0.717, 1.165) is 24.3 Å². The third kappa shape index (κ3) is 3.42. The highest BCUT2D eigenvalue weighted by Crippen LogP contribution is 2.25. The van der Waals surface area contributed by atoms with Crippen LogP contribution < -0.4 is 9.91 Å². The lowest BCUT2D eigenvalue weighted by molar-refractivity contribution is -0.114. The number of hydrogen-bond donors (Lipinski definition) is 0. The number of nitrogens with zero attached hydrogens (tertiary/aromatic N) is 3. The Kier molecular flexibility index (Phi) is 5.27. The molecular formula is C21H21N3O2. The Bertz CT molecular complexity index is 851. The molecule has 0 aromatic heterocycles. The molecule has 0 atom stereocenters. The van der Waals surface area contributed by atoms with Crippen molar-refractivity contribution in [1.82, 2.24) is 0 Å². The van der Waals surface area contributed by atoms with Gasteiger partial charge in [-0.2, -0.15) is 10.1 Å². The number of benzene rings is 2. The van der Waals surface area contributed by atoms with Gasteiger partial charge in [-0.25, -0.2) is 0 Å². The molecule has 26 heavy (non-hydrogen) atoms. The summed E-state index contributed by atoms with van der Waals surface area (Å²) in [6.45, 7) is 6.09. The molecule has 5 nitrogen and oxygen atoms in total. The molecule has 132 valence electrons. The lowest BCUT2D eigenvalue weighted by atomic mass is 10.1. The number of para-hydroxylation sites is 1. The summed E-state index contributed by atoms with van der Waals surface area (Å²) in [5, 5.41) is 5.43. The van der Waals surface area contributed by atoms with E-state index in [2.05, 4.69) is 23.8 Å². The van der Waals surface area contributed by atoms with E-state index >= 15 is 0 Å². The lowest BCUT2D eigenvalue weighted by Gasteiger charge is -2.20. The van der Waals surface area contributed by atoms with E-state index in [-0.39, 0.29) is 11.6 Å². The molecule has 0 unspecified atom stereocenters. The molecule has 0 spiro atoms. The van der Waals surface area contributed by atoms with Gasteiger partial charge < -0.3 is 4.90 Å². The number of hydrogen-bond acceptors (Lipinski definition) is 4. The fraction of sp³-hybridized carbons (Fsp3) is 0.190. The normalized spacial score (nSPS) is 15.3. The zero-order valence-electron chi connectivity index (χ0n) is 14.9. The van der Waals surface area contributed by atoms with Crippen LogP contribution in [0.5, 0.6) is 0 Å². The van der Waals surface area contributed by atoms with E-state index in [1.165, 1.54) is 5.01 Å². The Morgan fingerprint density at radius 3 is 2.23 bits per heavy atom. The van der Waals surface area contributed by atoms with Crippen molar-refractivity contribution >= 4 is 35.4 Å². The molecule has 1 aliphatic heterocycles. The average molecular weight is 347 g/mol. The molecule has 5 heteroatoms. The minimum atomic E-state index is -0.300. The standard InChI is InChI=1S/C21H21N3O2/c1-3-23(4-2)17-12-10-16(11-13-17)14-19-20(15-25)22-24(21(19)26)18-8-6-5-7-9-18/h5-15H,3-4H2,1-2H3/b19-14-. The predicted molar refractivity (Wildman–Crippen MR) is 105 cm³/mol. The van der Waals surface area contributed by atoms with Crippen LogP contribution in [0.1, 0.15) is 19.4 Å². The van der Waals surface area contributed by atoms with Gasteiger partial charge in [0, 0.05) is 18.8 Å². The molecule has 1 amide bonds. The molecule has 0 N–H and O–H groups in total. The summed E-state index contributed by atoms with van der Waals surface area (Å²) in [6.07, 6.45) is 2.33. The largest absolute Gasteiger partial charge is 0.372 e. The lowest BCUT2D eigenvalue weighted by Crippen LogP contribution is -2.21. The second-order valence-corrected chi connectivity index (χ2v) is 5.88. The van der Waals surface area contributed by atoms with Crippen LogP contribution >= 0.6 is 0 Å². The monoisotopic (exact) mass is 347 g/mol. The third-order valence-electron chi connectivity index (χ3n) is 4.35. The highest BCUT2D eigenvalue weighted by Gasteiger charge is 2.30. The molecule has 0 bridgehead atoms. The van der Waals surface area contributed by atoms with Crippen LogP contribution in [0.15, 0.2) is 65.3 Å². The summed E-state index contributed by atoms with van der Waals surface area (Å²) in [7, 11) is 0. The minimum Gasteiger partial charge on any atom is -0.372 e. The van der Waals surface area contributed by atoms with E-state index in [4.69, 9.17) is 0 Å². The van der Waals surface area contributed by atoms with Crippen molar-refractivity contribution < 1.29 is 9.59 Å². The van der Waals surface area contributed by atoms with Gasteiger partial charge in [-0.1, -0.05) is 30.3 Å². The maximum atomic E-state index is 12.7. The highest BCUT2D eigenvalue weighted by molar-refractivity contribution is 6.49. The van der Waals surface area contributed by atoms with Crippen LogP contribution in [0.4, 0.5) is 11.4 Å². The molecule has 0 fully saturated rings. The Balaban J connectivity index is 1.89. The number of amides is 1. The van der Waals surface area contributed by atoms with Crippen LogP contribution in [0, 0.1) is 0 Å². The van der Waals surface area contributed by atoms with Gasteiger partial charge in [0.05, 0.1) is 11.3 Å². The Morgan fingerprint density at radius 2 is 1.65 bits per heavy atom. The summed E-state index contributed by atoms with van der Waals surface area (Å²) in [5.74, 6) is -0.300. The first-order valence-electron chi connectivity index (χ1n) is 8.68. The van der Waals surface area contributed by atoms with Crippen molar-refractivity contribution in [3.05, 3.63) is 65.7 Å². The Hall–Kier alpha value is -3.21. The summed E-state index contributed by atoms with van der Waals surface area (Å²) in [6, 6.07) is 17.0. The first-order valence-corrected chi connectivity index (χ1v) is 8.68. The van der Waals surface area contributed by atoms with Gasteiger partial charge in [0.15, 0.2) is 6.29 Å². The first-order chi connectivity index (χ1) is 12.7. The van der Waals surface area contributed by atoms with Crippen molar-refractivity contribution in [2.45, 2.75) is 13.8 Å². The molecule has 0 saturated carbocycles. The molecule has 0 aliphatic carbocycles. The van der Waals surface area contributed by atoms with E-state index < -0.39 is 0 Å². The number of aldehydes is 1. The Labute approximate surface area is 153 Å². The van der Waals surface area contributed by atoms with Gasteiger partial charge in [0.1, 0.15) is 5.71 Å². The summed E-state index contributed by atoms with van der Waals surface area (Å²) in [4.78, 5) is 26.4. The fourth-order valence-corrected chi connectivity index (χ4v) is 2.93. The first kappa shape index (κ1) is 17.6. The van der Waals surface area contributed by atoms with E-state index in [1.54, 1.807) is 18.2 Å². The smallest absolute Gasteiger partial charge is 0.281 e. The van der Waals surface area contributed by atoms with Crippen molar-refractivity contribution in [2.75, 3.05) is 23.0 Å². The van der Waals surface area contributed by atoms with Crippen molar-refractivity contribution in [3.63, 3.8) is 0 Å². The van der Waals surface area contributed by atoms with Gasteiger partial charge in [-0.3, -0.25) is 9.59 Å². The van der Waals surface area contributed by atoms with Crippen molar-refractivity contribution in [2.24, 2.45) is 5.10 Å². The molecule has 1 heterocycles. The van der Waals surface area contributed by atoms with Crippen LogP contribution in [-0.2, 0) is 9.59 Å². The maximum absolute atomic E-state index is 12.7. The van der Waals surface area contributed by atoms with Crippen LogP contribution in [-0.4, -0.2) is 31.0 Å². The van der Waals surface area contributed by atoms with E-state index in [0.29, 0.717) is 17.5 Å². The topological polar surface area (TPSA) is 53.0 Å². The maximum Gasteiger partial charge on any atom is 0.281 e. The van der Waals surface area contributed by atoms with Crippen LogP contribution in [0.25, 0.3) is 6.08 Å². The zero-order valence-corrected chi connectivity index (χ0v) is 14.9. The van der Waals surface area contributed by atoms with Crippen LogP contribution in [0.2, 0.25) is 0 Å². The molecule has 1 aliphatic rings. The third-order valence-corrected chi connectivity index (χ3v) is 4.35. The Morgan fingerprint density at radius 1 is 1.00 bits per heavy atom. The number of anilines is 2. The van der Waals surface area contributed by atoms with Gasteiger partial charge in [0.2, 0.25) is 0 Å². The summed E-state index contributed by atoms with van der Waals surface area (Å²) < 4.78 is 0. The van der Waals surface area contributed by atoms with Crippen LogP contribution in [0.3, 0.4) is 0 Å². The van der Waals surface area contributed by atoms with E-state index in [9.17, 15) is 9.59 Å². The average Bonchev–Trinajstić information content (AvgIpc) is 3.00. The number of rotatable bonds is 6. The molecule has 2 aromatic carbocycles. The second kappa shape index (κ2) is 7.78. The zero-order chi connectivity index (χ0) is 18.5. The molecule has 0 saturated heterocycles. The summed E-state index contributed by atoms with van der Waals surface area (Å²) >= 11 is 0. The number of carbonyl (C=O) groups excluding carboxylic acids is 2. The summed E-state index contributed by atoms with van der Waals surface area (Å²) in [5.41, 5.74) is 3.07. The molecule has 3 rings (SSSR count). The minimum absolute atomic E-state index is 0.145. The molecule has 2 aromatic rings. The quantitative estimate of drug-likeness (QED) is 0.593. The second-order valence-electron chi connectivity index (χ2n) is 5.88. The van der Waals surface area contributed by atoms with Gasteiger partial charge >= 0.3 is 0 Å². The number of carbonyl (C=O) groups is 2. The fourth-order valence-electron chi connectivity index (χ4n) is 2.93. The van der Waals surface area contributed by atoms with Crippen molar-refractivity contribution in [1.29, 1.82) is 0 Å². The predicted octanol–water partition coefficient (Wildman–Crippen LogP) is 3.52. The SMILES string of the molecule is CCN(CC)c1ccc(/C=C2\C(=O)N(c3ccccc3)N=C2C=O)cc1. The number of hydrazone groups is 1. The van der Waals surface area contributed by atoms with Gasteiger partial charge in [0.25, 0.3) is 5.91 Å².